The fourth-order valence-electron chi connectivity index (χ4n) is 3.34. The molecule has 7 nitrogen and oxygen atoms in total. The van der Waals surface area contributed by atoms with Crippen LogP contribution in [0.25, 0.3) is 16.9 Å². The Labute approximate surface area is 191 Å². The Bertz CT molecular complexity index is 1250. The zero-order valence-electron chi connectivity index (χ0n) is 18.2. The van der Waals surface area contributed by atoms with Crippen LogP contribution in [0.3, 0.4) is 0 Å². The second-order valence-corrected chi connectivity index (χ2v) is 7.60. The van der Waals surface area contributed by atoms with Gasteiger partial charge < -0.3 is 15.7 Å². The highest BCUT2D eigenvalue weighted by Gasteiger charge is 2.18. The minimum absolute atomic E-state index is 0.0965. The molecule has 166 valence electrons. The first kappa shape index (κ1) is 21.8. The normalized spacial score (nSPS) is 10.6. The Morgan fingerprint density at radius 1 is 0.848 bits per heavy atom. The molecule has 33 heavy (non-hydrogen) atoms. The lowest BCUT2D eigenvalue weighted by atomic mass is 10.1. The van der Waals surface area contributed by atoms with Crippen molar-refractivity contribution in [3.05, 3.63) is 102 Å². The SMILES string of the molecule is Cc1ccc(-n2cc(C(=O)NCCNC(=O)c3ccc(O)cc3)c(-c3ccccc3)n2)cc1. The average molecular weight is 441 g/mol. The Morgan fingerprint density at radius 2 is 1.48 bits per heavy atom. The summed E-state index contributed by atoms with van der Waals surface area (Å²) in [4.78, 5) is 25.2. The summed E-state index contributed by atoms with van der Waals surface area (Å²) in [6.07, 6.45) is 1.72. The van der Waals surface area contributed by atoms with Crippen molar-refractivity contribution < 1.29 is 14.7 Å². The predicted molar refractivity (Wildman–Crippen MR) is 127 cm³/mol. The van der Waals surface area contributed by atoms with E-state index < -0.39 is 0 Å². The van der Waals surface area contributed by atoms with Gasteiger partial charge >= 0.3 is 0 Å². The maximum absolute atomic E-state index is 13.0. The van der Waals surface area contributed by atoms with Crippen LogP contribution in [0.15, 0.2) is 85.1 Å². The van der Waals surface area contributed by atoms with Crippen molar-refractivity contribution in [1.82, 2.24) is 20.4 Å². The molecule has 0 fully saturated rings. The number of aromatic nitrogens is 2. The number of nitrogens with zero attached hydrogens (tertiary/aromatic N) is 2. The van der Waals surface area contributed by atoms with E-state index in [9.17, 15) is 14.7 Å². The van der Waals surface area contributed by atoms with Gasteiger partial charge in [0.15, 0.2) is 0 Å². The van der Waals surface area contributed by atoms with Crippen LogP contribution in [-0.4, -0.2) is 39.8 Å². The number of phenolic OH excluding ortho intramolecular Hbond substituents is 1. The molecule has 0 radical (unpaired) electrons. The first-order valence-corrected chi connectivity index (χ1v) is 10.6. The number of aromatic hydroxyl groups is 1. The molecule has 1 aromatic heterocycles. The first-order valence-electron chi connectivity index (χ1n) is 10.6. The Hall–Kier alpha value is -4.39. The molecule has 3 aromatic carbocycles. The van der Waals surface area contributed by atoms with Gasteiger partial charge in [-0.25, -0.2) is 4.68 Å². The maximum Gasteiger partial charge on any atom is 0.255 e. The summed E-state index contributed by atoms with van der Waals surface area (Å²) < 4.78 is 1.70. The number of amides is 2. The molecular formula is C26H24N4O3. The van der Waals surface area contributed by atoms with Gasteiger partial charge in [0.25, 0.3) is 11.8 Å². The van der Waals surface area contributed by atoms with Crippen molar-refractivity contribution >= 4 is 11.8 Å². The summed E-state index contributed by atoms with van der Waals surface area (Å²) in [5, 5.41) is 19.6. The number of hydrogen-bond acceptors (Lipinski definition) is 4. The molecule has 1 heterocycles. The third kappa shape index (κ3) is 5.27. The zero-order chi connectivity index (χ0) is 23.2. The number of hydrogen-bond donors (Lipinski definition) is 3. The molecule has 3 N–H and O–H groups in total. The monoisotopic (exact) mass is 440 g/mol. The van der Waals surface area contributed by atoms with E-state index >= 15 is 0 Å². The lowest BCUT2D eigenvalue weighted by Crippen LogP contribution is -2.34. The molecule has 4 rings (SSSR count). The summed E-state index contributed by atoms with van der Waals surface area (Å²) in [5.41, 5.74) is 4.31. The molecule has 0 saturated carbocycles. The highest BCUT2D eigenvalue weighted by molar-refractivity contribution is 6.00. The molecule has 4 aromatic rings. The third-order valence-corrected chi connectivity index (χ3v) is 5.13. The smallest absolute Gasteiger partial charge is 0.255 e. The Kier molecular flexibility index (Phi) is 6.50. The van der Waals surface area contributed by atoms with Crippen LogP contribution in [0, 0.1) is 6.92 Å². The predicted octanol–water partition coefficient (Wildman–Crippen LogP) is 3.71. The van der Waals surface area contributed by atoms with E-state index in [1.165, 1.54) is 24.3 Å². The highest BCUT2D eigenvalue weighted by atomic mass is 16.3. The van der Waals surface area contributed by atoms with Gasteiger partial charge in [0.05, 0.1) is 11.3 Å². The van der Waals surface area contributed by atoms with Gasteiger partial charge in [0.1, 0.15) is 11.4 Å². The molecule has 0 saturated heterocycles. The maximum atomic E-state index is 13.0. The average Bonchev–Trinajstić information content (AvgIpc) is 3.29. The van der Waals surface area contributed by atoms with E-state index in [1.807, 2.05) is 61.5 Å². The summed E-state index contributed by atoms with van der Waals surface area (Å²) in [6, 6.07) is 23.4. The lowest BCUT2D eigenvalue weighted by Gasteiger charge is -2.07. The summed E-state index contributed by atoms with van der Waals surface area (Å²) in [5.74, 6) is -0.452. The van der Waals surface area contributed by atoms with Crippen LogP contribution in [0.1, 0.15) is 26.3 Å². The van der Waals surface area contributed by atoms with Gasteiger partial charge in [0.2, 0.25) is 0 Å². The van der Waals surface area contributed by atoms with E-state index in [0.29, 0.717) is 16.8 Å². The summed E-state index contributed by atoms with van der Waals surface area (Å²) >= 11 is 0. The molecule has 0 atom stereocenters. The van der Waals surface area contributed by atoms with E-state index in [0.717, 1.165) is 16.8 Å². The molecule has 0 aliphatic rings. The van der Waals surface area contributed by atoms with Crippen molar-refractivity contribution in [3.63, 3.8) is 0 Å². The molecule has 0 aliphatic carbocycles. The first-order chi connectivity index (χ1) is 16.0. The van der Waals surface area contributed by atoms with Crippen molar-refractivity contribution in [1.29, 1.82) is 0 Å². The number of phenols is 1. The van der Waals surface area contributed by atoms with E-state index in [4.69, 9.17) is 0 Å². The molecule has 0 aliphatic heterocycles. The summed E-state index contributed by atoms with van der Waals surface area (Å²) in [7, 11) is 0. The second-order valence-electron chi connectivity index (χ2n) is 7.60. The number of aryl methyl sites for hydroxylation is 1. The van der Waals surface area contributed by atoms with Gasteiger partial charge in [-0.05, 0) is 43.3 Å². The topological polar surface area (TPSA) is 96.2 Å². The lowest BCUT2D eigenvalue weighted by molar-refractivity contribution is 0.0928. The third-order valence-electron chi connectivity index (χ3n) is 5.13. The molecule has 0 spiro atoms. The Balaban J connectivity index is 1.46. The number of carbonyl (C=O) groups is 2. The largest absolute Gasteiger partial charge is 0.508 e. The van der Waals surface area contributed by atoms with Crippen LogP contribution < -0.4 is 10.6 Å². The number of benzene rings is 3. The van der Waals surface area contributed by atoms with Crippen LogP contribution in [0.5, 0.6) is 5.75 Å². The van der Waals surface area contributed by atoms with Gasteiger partial charge in [-0.3, -0.25) is 9.59 Å². The number of carbonyl (C=O) groups excluding carboxylic acids is 2. The minimum atomic E-state index is -0.276. The van der Waals surface area contributed by atoms with Crippen molar-refractivity contribution in [3.8, 4) is 22.7 Å². The van der Waals surface area contributed by atoms with E-state index in [1.54, 1.807) is 10.9 Å². The molecular weight excluding hydrogens is 416 g/mol. The van der Waals surface area contributed by atoms with Gasteiger partial charge in [0, 0.05) is 30.4 Å². The van der Waals surface area contributed by atoms with Gasteiger partial charge in [-0.2, -0.15) is 5.10 Å². The highest BCUT2D eigenvalue weighted by Crippen LogP contribution is 2.23. The number of rotatable bonds is 7. The fraction of sp³-hybridized carbons (Fsp3) is 0.115. The van der Waals surface area contributed by atoms with Crippen LogP contribution in [0.4, 0.5) is 0 Å². The van der Waals surface area contributed by atoms with Crippen LogP contribution in [-0.2, 0) is 0 Å². The molecule has 2 amide bonds. The standard InChI is InChI=1S/C26H24N4O3/c1-18-7-11-21(12-8-18)30-17-23(24(29-30)19-5-3-2-4-6-19)26(33)28-16-15-27-25(32)20-9-13-22(31)14-10-20/h2-14,17,31H,15-16H2,1H3,(H,27,32)(H,28,33). The van der Waals surface area contributed by atoms with Crippen LogP contribution in [0.2, 0.25) is 0 Å². The van der Waals surface area contributed by atoms with Crippen molar-refractivity contribution in [2.45, 2.75) is 6.92 Å². The van der Waals surface area contributed by atoms with Gasteiger partial charge in [-0.15, -0.1) is 0 Å². The second kappa shape index (κ2) is 9.82. The molecule has 0 bridgehead atoms. The molecule has 0 unspecified atom stereocenters. The van der Waals surface area contributed by atoms with Gasteiger partial charge in [-0.1, -0.05) is 48.0 Å². The zero-order valence-corrected chi connectivity index (χ0v) is 18.2. The summed E-state index contributed by atoms with van der Waals surface area (Å²) in [6.45, 7) is 2.53. The quantitative estimate of drug-likeness (QED) is 0.382. The van der Waals surface area contributed by atoms with Crippen LogP contribution >= 0.6 is 0 Å². The Morgan fingerprint density at radius 3 is 2.15 bits per heavy atom. The van der Waals surface area contributed by atoms with Crippen molar-refractivity contribution in [2.24, 2.45) is 0 Å². The number of nitrogens with one attached hydrogen (secondary N) is 2. The van der Waals surface area contributed by atoms with E-state index in [-0.39, 0.29) is 30.7 Å². The molecule has 7 heteroatoms. The van der Waals surface area contributed by atoms with Crippen molar-refractivity contribution in [2.75, 3.05) is 13.1 Å². The minimum Gasteiger partial charge on any atom is -0.508 e. The van der Waals surface area contributed by atoms with E-state index in [2.05, 4.69) is 15.7 Å². The fourth-order valence-corrected chi connectivity index (χ4v) is 3.34.